The van der Waals surface area contributed by atoms with Gasteiger partial charge >= 0.3 is 0 Å². The lowest BCUT2D eigenvalue weighted by molar-refractivity contribution is 0.596. The maximum atomic E-state index is 11.1. The maximum Gasteiger partial charge on any atom is 0.238 e. The fraction of sp³-hybridized carbons (Fsp3) is 0.250. The number of sulfonamides is 1. The first-order valence-corrected chi connectivity index (χ1v) is 5.06. The molecule has 1 aromatic carbocycles. The van der Waals surface area contributed by atoms with E-state index in [2.05, 4.69) is 0 Å². The Morgan fingerprint density at radius 1 is 1.17 bits per heavy atom. The fourth-order valence-electron chi connectivity index (χ4n) is 1.25. The normalized spacial score (nSPS) is 11.6. The summed E-state index contributed by atoms with van der Waals surface area (Å²) >= 11 is 0. The molecule has 66 valence electrons. The minimum Gasteiger partial charge on any atom is -0.225 e. The van der Waals surface area contributed by atoms with Gasteiger partial charge in [-0.1, -0.05) is 18.2 Å². The molecule has 1 aromatic rings. The van der Waals surface area contributed by atoms with E-state index in [0.29, 0.717) is 11.1 Å². The van der Waals surface area contributed by atoms with Gasteiger partial charge in [-0.15, -0.1) is 0 Å². The molecule has 0 aliphatic heterocycles. The first-order valence-electron chi connectivity index (χ1n) is 3.52. The minimum absolute atomic E-state index is 0.241. The molecule has 0 unspecified atom stereocenters. The molecule has 1 rings (SSSR count). The van der Waals surface area contributed by atoms with Crippen LogP contribution in [0.5, 0.6) is 0 Å². The monoisotopic (exact) mass is 185 g/mol. The van der Waals surface area contributed by atoms with Gasteiger partial charge in [-0.3, -0.25) is 0 Å². The Morgan fingerprint density at radius 2 is 1.58 bits per heavy atom. The molecule has 0 heterocycles. The molecule has 0 aliphatic rings. The van der Waals surface area contributed by atoms with Crippen LogP contribution in [-0.2, 0) is 10.0 Å². The van der Waals surface area contributed by atoms with Crippen molar-refractivity contribution < 1.29 is 8.42 Å². The van der Waals surface area contributed by atoms with E-state index in [4.69, 9.17) is 5.14 Å². The van der Waals surface area contributed by atoms with E-state index in [1.807, 2.05) is 0 Å². The number of primary sulfonamides is 1. The largest absolute Gasteiger partial charge is 0.238 e. The van der Waals surface area contributed by atoms with Crippen LogP contribution in [0.1, 0.15) is 11.1 Å². The van der Waals surface area contributed by atoms with Crippen LogP contribution in [0.2, 0.25) is 0 Å². The molecule has 0 fully saturated rings. The molecule has 0 atom stereocenters. The van der Waals surface area contributed by atoms with E-state index in [-0.39, 0.29) is 4.90 Å². The summed E-state index contributed by atoms with van der Waals surface area (Å²) in [7, 11) is -3.56. The summed E-state index contributed by atoms with van der Waals surface area (Å²) in [6, 6.07) is 5.26. The summed E-state index contributed by atoms with van der Waals surface area (Å²) in [5.41, 5.74) is 1.38. The van der Waals surface area contributed by atoms with Crippen molar-refractivity contribution in [3.63, 3.8) is 0 Å². The van der Waals surface area contributed by atoms with Crippen molar-refractivity contribution in [2.24, 2.45) is 5.14 Å². The molecule has 0 saturated heterocycles. The zero-order chi connectivity index (χ0) is 9.35. The second-order valence-electron chi connectivity index (χ2n) is 2.77. The fourth-order valence-corrected chi connectivity index (χ4v) is 2.28. The molecule has 0 bridgehead atoms. The van der Waals surface area contributed by atoms with Gasteiger partial charge in [-0.25, -0.2) is 13.6 Å². The standard InChI is InChI=1S/C8H11NO2S/c1-6-4-3-5-7(2)8(6)12(9,10)11/h3-5H,1-2H3,(H2,9,10,11). The van der Waals surface area contributed by atoms with Crippen LogP contribution in [0.25, 0.3) is 0 Å². The van der Waals surface area contributed by atoms with Gasteiger partial charge in [-0.05, 0) is 25.0 Å². The third kappa shape index (κ3) is 1.65. The zero-order valence-corrected chi connectivity index (χ0v) is 7.85. The highest BCUT2D eigenvalue weighted by molar-refractivity contribution is 7.89. The average molecular weight is 185 g/mol. The van der Waals surface area contributed by atoms with Crippen LogP contribution in [0.15, 0.2) is 23.1 Å². The predicted octanol–water partition coefficient (Wildman–Crippen LogP) is 0.951. The second kappa shape index (κ2) is 2.88. The molecule has 0 saturated carbocycles. The van der Waals surface area contributed by atoms with E-state index in [1.54, 1.807) is 32.0 Å². The molecule has 0 aromatic heterocycles. The van der Waals surface area contributed by atoms with Gasteiger partial charge in [0.25, 0.3) is 0 Å². The first kappa shape index (κ1) is 9.22. The van der Waals surface area contributed by atoms with Gasteiger partial charge in [0.1, 0.15) is 0 Å². The molecular weight excluding hydrogens is 174 g/mol. The summed E-state index contributed by atoms with van der Waals surface area (Å²) in [6.07, 6.45) is 0. The van der Waals surface area contributed by atoms with Gasteiger partial charge in [0.15, 0.2) is 0 Å². The van der Waals surface area contributed by atoms with Crippen molar-refractivity contribution in [1.82, 2.24) is 0 Å². The van der Waals surface area contributed by atoms with Gasteiger partial charge < -0.3 is 0 Å². The van der Waals surface area contributed by atoms with Crippen LogP contribution in [-0.4, -0.2) is 8.42 Å². The minimum atomic E-state index is -3.56. The number of rotatable bonds is 1. The van der Waals surface area contributed by atoms with Gasteiger partial charge in [0, 0.05) is 0 Å². The van der Waals surface area contributed by atoms with Crippen molar-refractivity contribution in [3.05, 3.63) is 29.3 Å². The van der Waals surface area contributed by atoms with Crippen molar-refractivity contribution in [1.29, 1.82) is 0 Å². The molecular formula is C8H11NO2S. The van der Waals surface area contributed by atoms with Gasteiger partial charge in [-0.2, -0.15) is 0 Å². The molecule has 0 spiro atoms. The average Bonchev–Trinajstić information content (AvgIpc) is 1.82. The second-order valence-corrected chi connectivity index (χ2v) is 4.26. The molecule has 2 N–H and O–H groups in total. The van der Waals surface area contributed by atoms with Crippen molar-refractivity contribution in [2.75, 3.05) is 0 Å². The summed E-state index contributed by atoms with van der Waals surface area (Å²) in [6.45, 7) is 3.46. The Kier molecular flexibility index (Phi) is 2.21. The van der Waals surface area contributed by atoms with E-state index in [1.165, 1.54) is 0 Å². The van der Waals surface area contributed by atoms with Crippen molar-refractivity contribution in [3.8, 4) is 0 Å². The number of hydrogen-bond acceptors (Lipinski definition) is 2. The molecule has 3 nitrogen and oxygen atoms in total. The molecule has 0 amide bonds. The van der Waals surface area contributed by atoms with Crippen molar-refractivity contribution >= 4 is 10.0 Å². The third-order valence-corrected chi connectivity index (χ3v) is 2.91. The number of aryl methyl sites for hydroxylation is 2. The number of nitrogens with two attached hydrogens (primary N) is 1. The Hall–Kier alpha value is -0.870. The number of hydrogen-bond donors (Lipinski definition) is 1. The van der Waals surface area contributed by atoms with Crippen LogP contribution in [0.4, 0.5) is 0 Å². The molecule has 0 aliphatic carbocycles. The molecule has 12 heavy (non-hydrogen) atoms. The Morgan fingerprint density at radius 3 is 1.83 bits per heavy atom. The number of benzene rings is 1. The zero-order valence-electron chi connectivity index (χ0n) is 7.03. The lowest BCUT2D eigenvalue weighted by Crippen LogP contribution is -2.15. The van der Waals surface area contributed by atoms with Crippen LogP contribution in [0, 0.1) is 13.8 Å². The third-order valence-electron chi connectivity index (χ3n) is 1.69. The van der Waals surface area contributed by atoms with Crippen LogP contribution >= 0.6 is 0 Å². The highest BCUT2D eigenvalue weighted by Crippen LogP contribution is 2.17. The van der Waals surface area contributed by atoms with Crippen molar-refractivity contribution in [2.45, 2.75) is 18.7 Å². The molecule has 4 heteroatoms. The highest BCUT2D eigenvalue weighted by Gasteiger charge is 2.13. The van der Waals surface area contributed by atoms with Crippen LogP contribution in [0.3, 0.4) is 0 Å². The lowest BCUT2D eigenvalue weighted by Gasteiger charge is -2.05. The SMILES string of the molecule is Cc1cccc(C)c1S(N)(=O)=O. The topological polar surface area (TPSA) is 60.2 Å². The quantitative estimate of drug-likeness (QED) is 0.708. The highest BCUT2D eigenvalue weighted by atomic mass is 32.2. The smallest absolute Gasteiger partial charge is 0.225 e. The summed E-state index contributed by atoms with van der Waals surface area (Å²) in [5, 5.41) is 5.03. The van der Waals surface area contributed by atoms with E-state index >= 15 is 0 Å². The lowest BCUT2D eigenvalue weighted by atomic mass is 10.2. The van der Waals surface area contributed by atoms with E-state index < -0.39 is 10.0 Å². The summed E-state index contributed by atoms with van der Waals surface area (Å²) in [5.74, 6) is 0. The maximum absolute atomic E-state index is 11.1. The van der Waals surface area contributed by atoms with Crippen LogP contribution < -0.4 is 5.14 Å². The molecule has 0 radical (unpaired) electrons. The Bertz CT molecular complexity index is 375. The van der Waals surface area contributed by atoms with Gasteiger partial charge in [0.05, 0.1) is 4.90 Å². The van der Waals surface area contributed by atoms with E-state index in [9.17, 15) is 8.42 Å². The Labute approximate surface area is 72.3 Å². The van der Waals surface area contributed by atoms with E-state index in [0.717, 1.165) is 0 Å². The van der Waals surface area contributed by atoms with Gasteiger partial charge in [0.2, 0.25) is 10.0 Å². The summed E-state index contributed by atoms with van der Waals surface area (Å²) < 4.78 is 22.1. The first-order chi connectivity index (χ1) is 5.43. The predicted molar refractivity (Wildman–Crippen MR) is 47.3 cm³/mol. The summed E-state index contributed by atoms with van der Waals surface area (Å²) in [4.78, 5) is 0.241. The Balaban J connectivity index is 3.53.